The number of nitrogens with zero attached hydrogens (tertiary/aromatic N) is 1. The van der Waals surface area contributed by atoms with Crippen LogP contribution in [0.3, 0.4) is 0 Å². The van der Waals surface area contributed by atoms with Crippen molar-refractivity contribution in [2.75, 3.05) is 31.5 Å². The largest absolute Gasteiger partial charge is 0.495 e. The maximum Gasteiger partial charge on any atom is 0.262 e. The molecule has 1 amide bonds. The molecule has 0 unspecified atom stereocenters. The molecule has 7 nitrogen and oxygen atoms in total. The normalized spacial score (nSPS) is 15.4. The fraction of sp³-hybridized carbons (Fsp3) is 0.435. The van der Waals surface area contributed by atoms with Crippen LogP contribution in [0.15, 0.2) is 53.4 Å². The average molecular weight is 446 g/mol. The number of carbonyl (C=O) groups excluding carboxylic acids is 1. The molecule has 31 heavy (non-hydrogen) atoms. The van der Waals surface area contributed by atoms with Gasteiger partial charge in [0.2, 0.25) is 0 Å². The number of para-hydroxylation sites is 2. The molecule has 1 fully saturated rings. The van der Waals surface area contributed by atoms with Crippen LogP contribution in [-0.4, -0.2) is 52.0 Å². The van der Waals surface area contributed by atoms with Crippen LogP contribution in [0, 0.1) is 0 Å². The summed E-state index contributed by atoms with van der Waals surface area (Å²) in [4.78, 5) is 15.1. The Labute approximate surface area is 184 Å². The maximum absolute atomic E-state index is 12.7. The molecule has 1 aliphatic rings. The van der Waals surface area contributed by atoms with Gasteiger partial charge in [0.25, 0.3) is 15.9 Å². The van der Waals surface area contributed by atoms with Gasteiger partial charge in [-0.25, -0.2) is 8.42 Å². The van der Waals surface area contributed by atoms with Gasteiger partial charge < -0.3 is 15.0 Å². The fourth-order valence-electron chi connectivity index (χ4n) is 3.67. The number of unbranched alkanes of at least 4 members (excludes halogenated alkanes) is 1. The molecule has 0 saturated carbocycles. The third kappa shape index (κ3) is 6.21. The summed E-state index contributed by atoms with van der Waals surface area (Å²) < 4.78 is 33.1. The molecule has 168 valence electrons. The van der Waals surface area contributed by atoms with Gasteiger partial charge in [-0.3, -0.25) is 9.52 Å². The molecule has 0 aromatic heterocycles. The van der Waals surface area contributed by atoms with Crippen molar-refractivity contribution >= 4 is 21.6 Å². The molecular weight excluding hydrogens is 414 g/mol. The first-order valence-electron chi connectivity index (χ1n) is 10.7. The van der Waals surface area contributed by atoms with Crippen molar-refractivity contribution in [3.8, 4) is 5.75 Å². The topological polar surface area (TPSA) is 87.7 Å². The molecular formula is C23H31N3O4S. The molecule has 0 aliphatic carbocycles. The molecule has 2 N–H and O–H groups in total. The lowest BCUT2D eigenvalue weighted by molar-refractivity contribution is 0.0910. The lowest BCUT2D eigenvalue weighted by Gasteiger charge is -2.32. The number of carbonyl (C=O) groups is 1. The van der Waals surface area contributed by atoms with E-state index in [4.69, 9.17) is 4.74 Å². The van der Waals surface area contributed by atoms with Crippen molar-refractivity contribution in [2.45, 2.75) is 43.5 Å². The maximum atomic E-state index is 12.7. The van der Waals surface area contributed by atoms with Crippen LogP contribution in [0.1, 0.15) is 43.0 Å². The van der Waals surface area contributed by atoms with E-state index in [0.717, 1.165) is 32.5 Å². The second-order valence-electron chi connectivity index (χ2n) is 7.77. The van der Waals surface area contributed by atoms with Gasteiger partial charge in [0, 0.05) is 24.7 Å². The van der Waals surface area contributed by atoms with Gasteiger partial charge in [-0.15, -0.1) is 0 Å². The van der Waals surface area contributed by atoms with Gasteiger partial charge in [-0.05, 0) is 62.2 Å². The third-order valence-electron chi connectivity index (χ3n) is 5.53. The van der Waals surface area contributed by atoms with Crippen molar-refractivity contribution in [1.29, 1.82) is 0 Å². The summed E-state index contributed by atoms with van der Waals surface area (Å²) in [5, 5.41) is 3.08. The number of hydrogen-bond donors (Lipinski definition) is 2. The Morgan fingerprint density at radius 2 is 1.77 bits per heavy atom. The van der Waals surface area contributed by atoms with Crippen LogP contribution in [0.5, 0.6) is 5.75 Å². The van der Waals surface area contributed by atoms with E-state index in [-0.39, 0.29) is 16.8 Å². The van der Waals surface area contributed by atoms with E-state index in [1.807, 2.05) is 0 Å². The minimum absolute atomic E-state index is 0.0826. The minimum Gasteiger partial charge on any atom is -0.495 e. The van der Waals surface area contributed by atoms with Crippen LogP contribution in [0.25, 0.3) is 0 Å². The number of benzene rings is 2. The van der Waals surface area contributed by atoms with Crippen LogP contribution < -0.4 is 14.8 Å². The van der Waals surface area contributed by atoms with E-state index in [1.165, 1.54) is 32.1 Å². The number of ether oxygens (including phenoxy) is 1. The monoisotopic (exact) mass is 445 g/mol. The zero-order valence-electron chi connectivity index (χ0n) is 18.1. The molecule has 0 atom stereocenters. The van der Waals surface area contributed by atoms with Crippen LogP contribution in [0.2, 0.25) is 0 Å². The number of piperidine rings is 1. The summed E-state index contributed by atoms with van der Waals surface area (Å²) in [6, 6.07) is 12.9. The summed E-state index contributed by atoms with van der Waals surface area (Å²) in [6.45, 7) is 5.31. The van der Waals surface area contributed by atoms with E-state index in [9.17, 15) is 13.2 Å². The molecule has 2 aromatic rings. The smallest absolute Gasteiger partial charge is 0.262 e. The highest BCUT2D eigenvalue weighted by molar-refractivity contribution is 7.92. The van der Waals surface area contributed by atoms with E-state index in [2.05, 4.69) is 21.9 Å². The second kappa shape index (κ2) is 10.6. The van der Waals surface area contributed by atoms with E-state index < -0.39 is 10.0 Å². The van der Waals surface area contributed by atoms with Crippen molar-refractivity contribution < 1.29 is 17.9 Å². The molecule has 0 spiro atoms. The van der Waals surface area contributed by atoms with Gasteiger partial charge in [0.05, 0.1) is 17.7 Å². The Bertz CT molecular complexity index is 969. The third-order valence-corrected chi connectivity index (χ3v) is 6.91. The van der Waals surface area contributed by atoms with Gasteiger partial charge in [-0.2, -0.15) is 0 Å². The molecule has 1 aliphatic heterocycles. The number of hydrogen-bond acceptors (Lipinski definition) is 5. The predicted molar refractivity (Wildman–Crippen MR) is 122 cm³/mol. The summed E-state index contributed by atoms with van der Waals surface area (Å²) in [5.41, 5.74) is 0.807. The van der Waals surface area contributed by atoms with Crippen LogP contribution >= 0.6 is 0 Å². The number of likely N-dealkylation sites (tertiary alicyclic amines) is 1. The highest BCUT2D eigenvalue weighted by Gasteiger charge is 2.21. The standard InChI is InChI=1S/C23H31N3O4S/c1-3-4-15-26-16-13-19(14-17-26)24-23(27)18-9-11-20(12-10-18)31(28,29)25-21-7-5-6-8-22(21)30-2/h5-12,19,25H,3-4,13-17H2,1-2H3,(H,24,27). The lowest BCUT2D eigenvalue weighted by atomic mass is 10.0. The Morgan fingerprint density at radius 3 is 2.42 bits per heavy atom. The Balaban J connectivity index is 1.58. The van der Waals surface area contributed by atoms with Crippen LogP contribution in [0.4, 0.5) is 5.69 Å². The van der Waals surface area contributed by atoms with E-state index in [0.29, 0.717) is 17.0 Å². The van der Waals surface area contributed by atoms with Gasteiger partial charge in [0.1, 0.15) is 5.75 Å². The van der Waals surface area contributed by atoms with Crippen LogP contribution in [-0.2, 0) is 10.0 Å². The molecule has 0 radical (unpaired) electrons. The zero-order valence-corrected chi connectivity index (χ0v) is 19.0. The molecule has 0 bridgehead atoms. The molecule has 1 heterocycles. The highest BCUT2D eigenvalue weighted by Crippen LogP contribution is 2.26. The summed E-state index contributed by atoms with van der Waals surface area (Å²) in [6.07, 6.45) is 4.27. The Hall–Kier alpha value is -2.58. The second-order valence-corrected chi connectivity index (χ2v) is 9.46. The highest BCUT2D eigenvalue weighted by atomic mass is 32.2. The number of nitrogens with one attached hydrogen (secondary N) is 2. The lowest BCUT2D eigenvalue weighted by Crippen LogP contribution is -2.44. The number of amides is 1. The minimum atomic E-state index is -3.80. The fourth-order valence-corrected chi connectivity index (χ4v) is 4.74. The predicted octanol–water partition coefficient (Wildman–Crippen LogP) is 3.49. The summed E-state index contributed by atoms with van der Waals surface area (Å²) in [5.74, 6) is 0.261. The number of rotatable bonds is 9. The summed E-state index contributed by atoms with van der Waals surface area (Å²) in [7, 11) is -2.31. The van der Waals surface area contributed by atoms with Crippen molar-refractivity contribution in [2.24, 2.45) is 0 Å². The number of anilines is 1. The molecule has 8 heteroatoms. The van der Waals surface area contributed by atoms with Gasteiger partial charge in [-0.1, -0.05) is 25.5 Å². The number of sulfonamides is 1. The Morgan fingerprint density at radius 1 is 1.10 bits per heavy atom. The first-order chi connectivity index (χ1) is 14.9. The quantitative estimate of drug-likeness (QED) is 0.617. The number of methoxy groups -OCH3 is 1. The summed E-state index contributed by atoms with van der Waals surface area (Å²) >= 11 is 0. The Kier molecular flexibility index (Phi) is 7.92. The molecule has 1 saturated heterocycles. The van der Waals surface area contributed by atoms with Crippen molar-refractivity contribution in [3.05, 3.63) is 54.1 Å². The van der Waals surface area contributed by atoms with Crippen molar-refractivity contribution in [3.63, 3.8) is 0 Å². The SMILES string of the molecule is CCCCN1CCC(NC(=O)c2ccc(S(=O)(=O)Nc3ccccc3OC)cc2)CC1. The first-order valence-corrected chi connectivity index (χ1v) is 12.2. The van der Waals surface area contributed by atoms with Gasteiger partial charge in [0.15, 0.2) is 0 Å². The first kappa shape index (κ1) is 23.1. The van der Waals surface area contributed by atoms with E-state index in [1.54, 1.807) is 36.4 Å². The van der Waals surface area contributed by atoms with E-state index >= 15 is 0 Å². The zero-order chi connectivity index (χ0) is 22.3. The average Bonchev–Trinajstić information content (AvgIpc) is 2.79. The van der Waals surface area contributed by atoms with Crippen molar-refractivity contribution in [1.82, 2.24) is 10.2 Å². The molecule has 3 rings (SSSR count). The van der Waals surface area contributed by atoms with Gasteiger partial charge >= 0.3 is 0 Å². The molecule has 2 aromatic carbocycles.